The molecule has 53 heavy (non-hydrogen) atoms. The monoisotopic (exact) mass is 679 g/mol. The second-order valence-corrected chi connectivity index (χ2v) is 14.6. The second kappa shape index (κ2) is 11.1. The summed E-state index contributed by atoms with van der Waals surface area (Å²) in [5.41, 5.74) is 15.1. The van der Waals surface area contributed by atoms with Crippen LogP contribution < -0.4 is 0 Å². The van der Waals surface area contributed by atoms with Crippen LogP contribution >= 0.6 is 0 Å². The van der Waals surface area contributed by atoms with Gasteiger partial charge in [0.2, 0.25) is 5.95 Å². The van der Waals surface area contributed by atoms with Crippen molar-refractivity contribution in [3.05, 3.63) is 175 Å². The molecule has 1 aliphatic carbocycles. The van der Waals surface area contributed by atoms with Crippen molar-refractivity contribution in [2.24, 2.45) is 0 Å². The fraction of sp³-hybridized carbons (Fsp3) is 0.0612. The van der Waals surface area contributed by atoms with Crippen LogP contribution in [0.3, 0.4) is 0 Å². The van der Waals surface area contributed by atoms with Crippen molar-refractivity contribution in [1.29, 1.82) is 0 Å². The maximum Gasteiger partial charge on any atom is 0.235 e. The molecule has 4 heteroatoms. The van der Waals surface area contributed by atoms with E-state index in [0.29, 0.717) is 5.95 Å². The number of aromatic nitrogens is 3. The van der Waals surface area contributed by atoms with Gasteiger partial charge in [-0.05, 0) is 58.1 Å². The third kappa shape index (κ3) is 4.42. The van der Waals surface area contributed by atoms with Crippen LogP contribution in [0.15, 0.2) is 168 Å². The molecule has 250 valence electrons. The van der Waals surface area contributed by atoms with E-state index in [0.717, 1.165) is 77.4 Å². The van der Waals surface area contributed by atoms with Crippen LogP contribution in [0, 0.1) is 0 Å². The van der Waals surface area contributed by atoms with Gasteiger partial charge in [-0.25, -0.2) is 9.97 Å². The van der Waals surface area contributed by atoms with Gasteiger partial charge < -0.3 is 4.42 Å². The summed E-state index contributed by atoms with van der Waals surface area (Å²) >= 11 is 0. The molecule has 0 N–H and O–H groups in total. The fourth-order valence-electron chi connectivity index (χ4n) is 8.62. The molecule has 0 radical (unpaired) electrons. The molecule has 0 fully saturated rings. The maximum atomic E-state index is 6.84. The zero-order valence-corrected chi connectivity index (χ0v) is 29.3. The molecule has 10 aromatic rings. The van der Waals surface area contributed by atoms with Gasteiger partial charge in [0, 0.05) is 43.7 Å². The van der Waals surface area contributed by atoms with E-state index in [1.807, 2.05) is 12.1 Å². The molecule has 0 spiro atoms. The summed E-state index contributed by atoms with van der Waals surface area (Å²) in [6.45, 7) is 4.63. The lowest BCUT2D eigenvalue weighted by Crippen LogP contribution is -2.14. The van der Waals surface area contributed by atoms with Crippen LogP contribution in [0.1, 0.15) is 25.0 Å². The number of benzene rings is 7. The highest BCUT2D eigenvalue weighted by molar-refractivity contribution is 6.13. The SMILES string of the molecule is CC1(C)c2ccccc2-c2cc3c(cc21)oc1c(-c2ccc4c5ccccc5n(-c5nc(-c6ccccc6)cc(-c6ccccc6)n5)c4c2)cccc13. The predicted octanol–water partition coefficient (Wildman–Crippen LogP) is 12.8. The van der Waals surface area contributed by atoms with E-state index in [4.69, 9.17) is 14.4 Å². The van der Waals surface area contributed by atoms with Gasteiger partial charge in [-0.15, -0.1) is 0 Å². The number of para-hydroxylation sites is 2. The van der Waals surface area contributed by atoms with Gasteiger partial charge in [-0.2, -0.15) is 0 Å². The average Bonchev–Trinajstić information content (AvgIpc) is 3.82. The Morgan fingerprint density at radius 3 is 1.87 bits per heavy atom. The summed E-state index contributed by atoms with van der Waals surface area (Å²) in [5.74, 6) is 0.632. The zero-order valence-electron chi connectivity index (χ0n) is 29.3. The van der Waals surface area contributed by atoms with E-state index < -0.39 is 0 Å². The number of fused-ring (bicyclic) bond motifs is 9. The lowest BCUT2D eigenvalue weighted by molar-refractivity contribution is 0.648. The Bertz CT molecular complexity index is 3020. The molecule has 0 atom stereocenters. The number of hydrogen-bond acceptors (Lipinski definition) is 3. The van der Waals surface area contributed by atoms with Crippen molar-refractivity contribution in [2.75, 3.05) is 0 Å². The van der Waals surface area contributed by atoms with E-state index in [-0.39, 0.29) is 5.41 Å². The first kappa shape index (κ1) is 29.9. The molecular formula is C49H33N3O. The minimum atomic E-state index is -0.0966. The van der Waals surface area contributed by atoms with Crippen LogP contribution in [0.4, 0.5) is 0 Å². The van der Waals surface area contributed by atoms with Gasteiger partial charge in [0.25, 0.3) is 0 Å². The number of furan rings is 1. The van der Waals surface area contributed by atoms with Gasteiger partial charge in [0.1, 0.15) is 11.2 Å². The summed E-state index contributed by atoms with van der Waals surface area (Å²) in [5, 5.41) is 4.56. The highest BCUT2D eigenvalue weighted by Gasteiger charge is 2.36. The second-order valence-electron chi connectivity index (χ2n) is 14.6. The van der Waals surface area contributed by atoms with Gasteiger partial charge in [-0.1, -0.05) is 147 Å². The quantitative estimate of drug-likeness (QED) is 0.186. The molecule has 0 saturated heterocycles. The molecule has 0 amide bonds. The molecule has 0 bridgehead atoms. The standard InChI is InChI=1S/C49H33N3O/c1-49(2)40-22-11-9-18-34(40)38-27-39-37-21-13-20-33(47(37)53-46(39)28-41(38)49)32-24-25-36-35-19-10-12-23-44(35)52(45(36)26-32)48-50-42(30-14-5-3-6-15-30)29-43(51-48)31-16-7-4-8-17-31/h3-29H,1-2H3. The minimum Gasteiger partial charge on any atom is -0.455 e. The summed E-state index contributed by atoms with van der Waals surface area (Å²) in [4.78, 5) is 10.5. The fourth-order valence-corrected chi connectivity index (χ4v) is 8.62. The van der Waals surface area contributed by atoms with Gasteiger partial charge in [-0.3, -0.25) is 4.57 Å². The molecular weight excluding hydrogens is 647 g/mol. The number of rotatable bonds is 4. The summed E-state index contributed by atoms with van der Waals surface area (Å²) < 4.78 is 9.06. The van der Waals surface area contributed by atoms with Crippen LogP contribution in [0.2, 0.25) is 0 Å². The van der Waals surface area contributed by atoms with Crippen molar-refractivity contribution in [2.45, 2.75) is 19.3 Å². The molecule has 3 aromatic heterocycles. The van der Waals surface area contributed by atoms with E-state index in [1.165, 1.54) is 22.3 Å². The van der Waals surface area contributed by atoms with Crippen LogP contribution in [0.25, 0.3) is 94.5 Å². The highest BCUT2D eigenvalue weighted by atomic mass is 16.3. The Hall–Kier alpha value is -6.78. The van der Waals surface area contributed by atoms with Crippen LogP contribution in [0.5, 0.6) is 0 Å². The molecule has 11 rings (SSSR count). The molecule has 0 unspecified atom stereocenters. The van der Waals surface area contributed by atoms with Gasteiger partial charge in [0.15, 0.2) is 0 Å². The summed E-state index contributed by atoms with van der Waals surface area (Å²) in [6.07, 6.45) is 0. The first-order valence-electron chi connectivity index (χ1n) is 18.2. The summed E-state index contributed by atoms with van der Waals surface area (Å²) in [7, 11) is 0. The molecule has 0 aliphatic heterocycles. The smallest absolute Gasteiger partial charge is 0.235 e. The van der Waals surface area contributed by atoms with Crippen molar-refractivity contribution in [3.8, 4) is 50.7 Å². The third-order valence-corrected chi connectivity index (χ3v) is 11.2. The molecule has 0 saturated carbocycles. The third-order valence-electron chi connectivity index (χ3n) is 11.2. The Morgan fingerprint density at radius 1 is 0.453 bits per heavy atom. The van der Waals surface area contributed by atoms with E-state index in [9.17, 15) is 0 Å². The van der Waals surface area contributed by atoms with Crippen LogP contribution in [-0.2, 0) is 5.41 Å². The molecule has 7 aromatic carbocycles. The lowest BCUT2D eigenvalue weighted by atomic mass is 9.82. The topological polar surface area (TPSA) is 43.9 Å². The minimum absolute atomic E-state index is 0.0966. The predicted molar refractivity (Wildman–Crippen MR) is 218 cm³/mol. The van der Waals surface area contributed by atoms with Gasteiger partial charge in [0.05, 0.1) is 22.4 Å². The van der Waals surface area contributed by atoms with Crippen molar-refractivity contribution >= 4 is 43.7 Å². The first-order chi connectivity index (χ1) is 26.0. The Morgan fingerprint density at radius 2 is 1.09 bits per heavy atom. The Labute approximate surface area is 306 Å². The number of hydrogen-bond donors (Lipinski definition) is 0. The zero-order chi connectivity index (χ0) is 35.3. The van der Waals surface area contributed by atoms with E-state index in [1.54, 1.807) is 0 Å². The highest BCUT2D eigenvalue weighted by Crippen LogP contribution is 2.51. The maximum absolute atomic E-state index is 6.84. The number of nitrogens with zero attached hydrogens (tertiary/aromatic N) is 3. The van der Waals surface area contributed by atoms with Crippen molar-refractivity contribution in [1.82, 2.24) is 14.5 Å². The molecule has 4 nitrogen and oxygen atoms in total. The average molecular weight is 680 g/mol. The Balaban J connectivity index is 1.14. The molecule has 1 aliphatic rings. The largest absolute Gasteiger partial charge is 0.455 e. The summed E-state index contributed by atoms with van der Waals surface area (Å²) in [6, 6.07) is 58.0. The first-order valence-corrected chi connectivity index (χ1v) is 18.2. The van der Waals surface area contributed by atoms with Crippen molar-refractivity contribution in [3.63, 3.8) is 0 Å². The van der Waals surface area contributed by atoms with E-state index in [2.05, 4.69) is 170 Å². The van der Waals surface area contributed by atoms with Gasteiger partial charge >= 0.3 is 0 Å². The van der Waals surface area contributed by atoms with Crippen LogP contribution in [-0.4, -0.2) is 14.5 Å². The van der Waals surface area contributed by atoms with Crippen molar-refractivity contribution < 1.29 is 4.42 Å². The normalized spacial score (nSPS) is 13.2. The Kier molecular flexibility index (Phi) is 6.27. The lowest BCUT2D eigenvalue weighted by Gasteiger charge is -2.21. The van der Waals surface area contributed by atoms with E-state index >= 15 is 0 Å². The molecule has 3 heterocycles.